The van der Waals surface area contributed by atoms with E-state index in [4.69, 9.17) is 4.74 Å². The highest BCUT2D eigenvalue weighted by atomic mass is 16.5. The van der Waals surface area contributed by atoms with Crippen molar-refractivity contribution < 1.29 is 9.84 Å². The second-order valence-corrected chi connectivity index (χ2v) is 6.30. The molecule has 1 aliphatic carbocycles. The van der Waals surface area contributed by atoms with Gasteiger partial charge in [0.2, 0.25) is 0 Å². The van der Waals surface area contributed by atoms with Gasteiger partial charge in [-0.15, -0.1) is 0 Å². The van der Waals surface area contributed by atoms with Gasteiger partial charge < -0.3 is 9.84 Å². The van der Waals surface area contributed by atoms with Gasteiger partial charge in [0.1, 0.15) is 18.1 Å². The SMILES string of the molecule is CCC1CCC(N(C)C2COc3cc(O)ccc32)CC1. The Kier molecular flexibility index (Phi) is 3.88. The van der Waals surface area contributed by atoms with E-state index >= 15 is 0 Å². The van der Waals surface area contributed by atoms with Gasteiger partial charge >= 0.3 is 0 Å². The normalized spacial score (nSPS) is 29.2. The molecule has 1 heterocycles. The van der Waals surface area contributed by atoms with Gasteiger partial charge in [-0.05, 0) is 50.8 Å². The standard InChI is InChI=1S/C17H25NO2/c1-3-12-4-6-13(7-5-12)18(2)16-11-20-17-10-14(19)8-9-15(16)17/h8-10,12-13,16,19H,3-7,11H2,1-2H3. The number of fused-ring (bicyclic) bond motifs is 1. The number of phenols is 1. The van der Waals surface area contributed by atoms with Crippen LogP contribution in [0.5, 0.6) is 11.5 Å². The maximum Gasteiger partial charge on any atom is 0.127 e. The fourth-order valence-electron chi connectivity index (χ4n) is 3.73. The van der Waals surface area contributed by atoms with Crippen LogP contribution in [-0.2, 0) is 0 Å². The van der Waals surface area contributed by atoms with E-state index in [0.29, 0.717) is 18.7 Å². The van der Waals surface area contributed by atoms with Crippen molar-refractivity contribution in [1.82, 2.24) is 4.90 Å². The second kappa shape index (κ2) is 5.65. The van der Waals surface area contributed by atoms with Gasteiger partial charge in [-0.25, -0.2) is 0 Å². The maximum atomic E-state index is 9.53. The zero-order chi connectivity index (χ0) is 14.1. The number of rotatable bonds is 3. The molecule has 3 rings (SSSR count). The molecule has 0 spiro atoms. The van der Waals surface area contributed by atoms with Crippen LogP contribution in [0.3, 0.4) is 0 Å². The van der Waals surface area contributed by atoms with E-state index in [1.807, 2.05) is 6.07 Å². The first kappa shape index (κ1) is 13.7. The Bertz CT molecular complexity index is 466. The number of nitrogens with zero attached hydrogens (tertiary/aromatic N) is 1. The second-order valence-electron chi connectivity index (χ2n) is 6.30. The summed E-state index contributed by atoms with van der Waals surface area (Å²) in [4.78, 5) is 2.49. The topological polar surface area (TPSA) is 32.7 Å². The molecule has 1 unspecified atom stereocenters. The molecule has 1 N–H and O–H groups in total. The number of hydrogen-bond acceptors (Lipinski definition) is 3. The summed E-state index contributed by atoms with van der Waals surface area (Å²) in [6, 6.07) is 6.52. The average Bonchev–Trinajstić information content (AvgIpc) is 2.89. The molecule has 1 fully saturated rings. The van der Waals surface area contributed by atoms with E-state index in [1.54, 1.807) is 12.1 Å². The highest BCUT2D eigenvalue weighted by Crippen LogP contribution is 2.40. The van der Waals surface area contributed by atoms with Gasteiger partial charge in [0.15, 0.2) is 0 Å². The van der Waals surface area contributed by atoms with Crippen molar-refractivity contribution in [2.24, 2.45) is 5.92 Å². The molecular formula is C17H25NO2. The Morgan fingerprint density at radius 2 is 2.00 bits per heavy atom. The number of benzene rings is 1. The van der Waals surface area contributed by atoms with Crippen LogP contribution in [0.15, 0.2) is 18.2 Å². The van der Waals surface area contributed by atoms with Gasteiger partial charge in [-0.2, -0.15) is 0 Å². The predicted molar refractivity (Wildman–Crippen MR) is 80.1 cm³/mol. The Morgan fingerprint density at radius 3 is 2.70 bits per heavy atom. The van der Waals surface area contributed by atoms with E-state index in [9.17, 15) is 5.11 Å². The van der Waals surface area contributed by atoms with Crippen LogP contribution in [-0.4, -0.2) is 29.7 Å². The summed E-state index contributed by atoms with van der Waals surface area (Å²) in [6.07, 6.45) is 6.66. The van der Waals surface area contributed by atoms with Crippen molar-refractivity contribution in [3.63, 3.8) is 0 Å². The first-order chi connectivity index (χ1) is 9.69. The van der Waals surface area contributed by atoms with Crippen LogP contribution in [0.1, 0.15) is 50.6 Å². The summed E-state index contributed by atoms with van der Waals surface area (Å²) in [5.41, 5.74) is 1.22. The molecule has 0 radical (unpaired) electrons. The molecule has 1 atom stereocenters. The molecule has 0 saturated heterocycles. The third kappa shape index (κ3) is 2.51. The van der Waals surface area contributed by atoms with Crippen molar-refractivity contribution in [3.05, 3.63) is 23.8 Å². The van der Waals surface area contributed by atoms with E-state index in [-0.39, 0.29) is 5.75 Å². The molecular weight excluding hydrogens is 250 g/mol. The van der Waals surface area contributed by atoms with E-state index in [1.165, 1.54) is 37.7 Å². The first-order valence-corrected chi connectivity index (χ1v) is 7.86. The summed E-state index contributed by atoms with van der Waals surface area (Å²) >= 11 is 0. The minimum atomic E-state index is 0.288. The van der Waals surface area contributed by atoms with Crippen molar-refractivity contribution in [2.75, 3.05) is 13.7 Å². The molecule has 1 saturated carbocycles. The van der Waals surface area contributed by atoms with Crippen LogP contribution >= 0.6 is 0 Å². The molecule has 0 aromatic heterocycles. The minimum absolute atomic E-state index is 0.288. The lowest BCUT2D eigenvalue weighted by atomic mass is 9.83. The summed E-state index contributed by atoms with van der Waals surface area (Å²) < 4.78 is 5.74. The number of phenolic OH excluding ortho intramolecular Hbond substituents is 1. The summed E-state index contributed by atoms with van der Waals surface area (Å²) in [6.45, 7) is 3.02. The fraction of sp³-hybridized carbons (Fsp3) is 0.647. The smallest absolute Gasteiger partial charge is 0.127 e. The third-order valence-corrected chi connectivity index (χ3v) is 5.21. The van der Waals surface area contributed by atoms with E-state index < -0.39 is 0 Å². The van der Waals surface area contributed by atoms with E-state index in [0.717, 1.165) is 11.7 Å². The number of aromatic hydroxyl groups is 1. The summed E-state index contributed by atoms with van der Waals surface area (Å²) in [5, 5.41) is 9.53. The van der Waals surface area contributed by atoms with Crippen LogP contribution < -0.4 is 4.74 Å². The Morgan fingerprint density at radius 1 is 1.25 bits per heavy atom. The largest absolute Gasteiger partial charge is 0.508 e. The van der Waals surface area contributed by atoms with Crippen LogP contribution in [0.25, 0.3) is 0 Å². The lowest BCUT2D eigenvalue weighted by Gasteiger charge is -2.37. The lowest BCUT2D eigenvalue weighted by molar-refractivity contribution is 0.104. The van der Waals surface area contributed by atoms with Crippen molar-refractivity contribution in [3.8, 4) is 11.5 Å². The Hall–Kier alpha value is -1.22. The molecule has 110 valence electrons. The number of ether oxygens (including phenoxy) is 1. The zero-order valence-electron chi connectivity index (χ0n) is 12.5. The number of hydrogen-bond donors (Lipinski definition) is 1. The molecule has 20 heavy (non-hydrogen) atoms. The predicted octanol–water partition coefficient (Wildman–Crippen LogP) is 3.73. The van der Waals surface area contributed by atoms with Crippen LogP contribution in [0.2, 0.25) is 0 Å². The maximum absolute atomic E-state index is 9.53. The van der Waals surface area contributed by atoms with Gasteiger partial charge in [0.25, 0.3) is 0 Å². The van der Waals surface area contributed by atoms with Gasteiger partial charge in [0.05, 0.1) is 6.04 Å². The number of likely N-dealkylation sites (N-methyl/N-ethyl adjacent to an activating group) is 1. The quantitative estimate of drug-likeness (QED) is 0.912. The lowest BCUT2D eigenvalue weighted by Crippen LogP contribution is -2.38. The molecule has 0 bridgehead atoms. The van der Waals surface area contributed by atoms with Crippen molar-refractivity contribution in [2.45, 2.75) is 51.1 Å². The highest BCUT2D eigenvalue weighted by molar-refractivity contribution is 5.44. The Labute approximate surface area is 121 Å². The molecule has 0 amide bonds. The van der Waals surface area contributed by atoms with Crippen molar-refractivity contribution >= 4 is 0 Å². The van der Waals surface area contributed by atoms with Gasteiger partial charge in [0, 0.05) is 17.7 Å². The van der Waals surface area contributed by atoms with E-state index in [2.05, 4.69) is 18.9 Å². The average molecular weight is 275 g/mol. The zero-order valence-corrected chi connectivity index (χ0v) is 12.5. The summed E-state index contributed by atoms with van der Waals surface area (Å²) in [7, 11) is 2.23. The first-order valence-electron chi connectivity index (χ1n) is 7.86. The molecule has 3 heteroatoms. The third-order valence-electron chi connectivity index (χ3n) is 5.21. The van der Waals surface area contributed by atoms with Crippen molar-refractivity contribution in [1.29, 1.82) is 0 Å². The fourth-order valence-corrected chi connectivity index (χ4v) is 3.73. The molecule has 3 nitrogen and oxygen atoms in total. The Balaban J connectivity index is 1.69. The molecule has 1 aromatic carbocycles. The van der Waals surface area contributed by atoms with Gasteiger partial charge in [-0.3, -0.25) is 4.90 Å². The summed E-state index contributed by atoms with van der Waals surface area (Å²) in [5.74, 6) is 2.07. The highest BCUT2D eigenvalue weighted by Gasteiger charge is 2.33. The monoisotopic (exact) mass is 275 g/mol. The molecule has 1 aliphatic heterocycles. The minimum Gasteiger partial charge on any atom is -0.508 e. The van der Waals surface area contributed by atoms with Crippen LogP contribution in [0, 0.1) is 5.92 Å². The molecule has 1 aromatic rings. The van der Waals surface area contributed by atoms with Crippen LogP contribution in [0.4, 0.5) is 0 Å². The molecule has 2 aliphatic rings. The van der Waals surface area contributed by atoms with Gasteiger partial charge in [-0.1, -0.05) is 13.3 Å².